The highest BCUT2D eigenvalue weighted by Gasteiger charge is 2.32. The predicted octanol–water partition coefficient (Wildman–Crippen LogP) is 2.74. The first kappa shape index (κ1) is 25.2. The summed E-state index contributed by atoms with van der Waals surface area (Å²) in [4.78, 5) is 35.7. The van der Waals surface area contributed by atoms with Crippen LogP contribution in [-0.2, 0) is 16.1 Å². The number of ether oxygens (including phenoxy) is 3. The number of amides is 2. The summed E-state index contributed by atoms with van der Waals surface area (Å²) in [7, 11) is 1.48. The first-order valence-electron chi connectivity index (χ1n) is 11.3. The minimum atomic E-state index is -1.01. The second-order valence-corrected chi connectivity index (χ2v) is 8.00. The zero-order valence-electron chi connectivity index (χ0n) is 20.3. The minimum absolute atomic E-state index is 0.0834. The van der Waals surface area contributed by atoms with Crippen LogP contribution in [0.3, 0.4) is 0 Å². The highest BCUT2D eigenvalue weighted by atomic mass is 16.5. The molecule has 0 spiro atoms. The smallest absolute Gasteiger partial charge is 0.338 e. The number of hydrogen-bond acceptors (Lipinski definition) is 8. The van der Waals surface area contributed by atoms with Crippen LogP contribution in [0.4, 0.5) is 4.79 Å². The Morgan fingerprint density at radius 3 is 2.57 bits per heavy atom. The maximum absolute atomic E-state index is 12.6. The third kappa shape index (κ3) is 5.53. The Balaban J connectivity index is 1.51. The summed E-state index contributed by atoms with van der Waals surface area (Å²) in [5.41, 5.74) is 2.67. The molecule has 0 saturated heterocycles. The molecule has 3 N–H and O–H groups in total. The Labute approximate surface area is 211 Å². The number of aromatic carboxylic acids is 1. The van der Waals surface area contributed by atoms with E-state index in [9.17, 15) is 14.4 Å². The highest BCUT2D eigenvalue weighted by molar-refractivity contribution is 5.95. The third-order valence-corrected chi connectivity index (χ3v) is 5.58. The number of rotatable bonds is 9. The Morgan fingerprint density at radius 2 is 1.89 bits per heavy atom. The number of benzene rings is 2. The van der Waals surface area contributed by atoms with Crippen molar-refractivity contribution in [1.82, 2.24) is 25.6 Å². The highest BCUT2D eigenvalue weighted by Crippen LogP contribution is 2.35. The van der Waals surface area contributed by atoms with Gasteiger partial charge in [-0.25, -0.2) is 19.1 Å². The standard InChI is InChI=1S/C25H25N5O7/c1-4-36-24(33)21-14(2)26-25(34)27-22(21)16-7-10-19(20(11-16)35-3)37-13-17-12-30(29-28-17)18-8-5-15(6-9-18)23(31)32/h5-12,22H,4,13H2,1-3H3,(H,31,32)(H2,26,27,34). The van der Waals surface area contributed by atoms with Crippen LogP contribution in [0.2, 0.25) is 0 Å². The molecule has 0 saturated carbocycles. The Hall–Kier alpha value is -4.87. The molecule has 12 nitrogen and oxygen atoms in total. The fraction of sp³-hybridized carbons (Fsp3) is 0.240. The van der Waals surface area contributed by atoms with E-state index in [-0.39, 0.29) is 18.8 Å². The van der Waals surface area contributed by atoms with Gasteiger partial charge in [-0.1, -0.05) is 11.3 Å². The van der Waals surface area contributed by atoms with Crippen LogP contribution in [0.5, 0.6) is 11.5 Å². The van der Waals surface area contributed by atoms with Crippen LogP contribution in [0.1, 0.15) is 41.5 Å². The van der Waals surface area contributed by atoms with Gasteiger partial charge in [0.25, 0.3) is 0 Å². The largest absolute Gasteiger partial charge is 0.493 e. The van der Waals surface area contributed by atoms with Gasteiger partial charge in [0, 0.05) is 5.70 Å². The molecular weight excluding hydrogens is 482 g/mol. The summed E-state index contributed by atoms with van der Waals surface area (Å²) < 4.78 is 18.1. The van der Waals surface area contributed by atoms with E-state index in [1.54, 1.807) is 50.4 Å². The molecule has 1 atom stereocenters. The van der Waals surface area contributed by atoms with Crippen molar-refractivity contribution in [2.45, 2.75) is 26.5 Å². The first-order valence-corrected chi connectivity index (χ1v) is 11.3. The number of urea groups is 1. The fourth-order valence-electron chi connectivity index (χ4n) is 3.81. The number of hydrogen-bond donors (Lipinski definition) is 3. The molecule has 1 unspecified atom stereocenters. The predicted molar refractivity (Wildman–Crippen MR) is 129 cm³/mol. The summed E-state index contributed by atoms with van der Waals surface area (Å²) in [6.07, 6.45) is 1.67. The average Bonchev–Trinajstić information content (AvgIpc) is 3.36. The number of carboxylic acids is 1. The number of aromatic nitrogens is 3. The normalized spacial score (nSPS) is 15.0. The molecule has 0 aliphatic carbocycles. The van der Waals surface area contributed by atoms with E-state index in [1.807, 2.05) is 0 Å². The minimum Gasteiger partial charge on any atom is -0.493 e. The molecule has 1 aliphatic rings. The van der Waals surface area contributed by atoms with Gasteiger partial charge in [0.05, 0.1) is 42.8 Å². The summed E-state index contributed by atoms with van der Waals surface area (Å²) in [5.74, 6) is -0.726. The van der Waals surface area contributed by atoms with E-state index in [4.69, 9.17) is 19.3 Å². The van der Waals surface area contributed by atoms with Gasteiger partial charge in [0.2, 0.25) is 0 Å². The van der Waals surface area contributed by atoms with Crippen molar-refractivity contribution in [3.8, 4) is 17.2 Å². The van der Waals surface area contributed by atoms with Crippen LogP contribution < -0.4 is 20.1 Å². The molecule has 2 amide bonds. The lowest BCUT2D eigenvalue weighted by Crippen LogP contribution is -2.45. The van der Waals surface area contributed by atoms with Gasteiger partial charge in [0.1, 0.15) is 12.3 Å². The van der Waals surface area contributed by atoms with Gasteiger partial charge < -0.3 is 30.0 Å². The molecule has 3 aromatic rings. The second kappa shape index (κ2) is 10.8. The lowest BCUT2D eigenvalue weighted by Gasteiger charge is -2.28. The Morgan fingerprint density at radius 1 is 1.14 bits per heavy atom. The number of nitrogens with zero attached hydrogens (tertiary/aromatic N) is 3. The zero-order valence-corrected chi connectivity index (χ0v) is 20.3. The molecule has 0 bridgehead atoms. The van der Waals surface area contributed by atoms with E-state index in [2.05, 4.69) is 20.9 Å². The molecular formula is C25H25N5O7. The number of carbonyl (C=O) groups excluding carboxylic acids is 2. The Bertz CT molecular complexity index is 1360. The van der Waals surface area contributed by atoms with Gasteiger partial charge in [-0.2, -0.15) is 0 Å². The molecule has 37 heavy (non-hydrogen) atoms. The maximum Gasteiger partial charge on any atom is 0.338 e. The van der Waals surface area contributed by atoms with Crippen LogP contribution in [0.25, 0.3) is 5.69 Å². The summed E-state index contributed by atoms with van der Waals surface area (Å²) in [6.45, 7) is 3.63. The molecule has 192 valence electrons. The van der Waals surface area contributed by atoms with E-state index in [1.165, 1.54) is 23.9 Å². The number of nitrogens with one attached hydrogen (secondary N) is 2. The van der Waals surface area contributed by atoms with E-state index >= 15 is 0 Å². The van der Waals surface area contributed by atoms with E-state index in [0.717, 1.165) is 0 Å². The second-order valence-electron chi connectivity index (χ2n) is 8.00. The van der Waals surface area contributed by atoms with Gasteiger partial charge in [0.15, 0.2) is 11.5 Å². The number of allylic oxidation sites excluding steroid dienone is 1. The lowest BCUT2D eigenvalue weighted by molar-refractivity contribution is -0.139. The van der Waals surface area contributed by atoms with Gasteiger partial charge in [-0.3, -0.25) is 0 Å². The van der Waals surface area contributed by atoms with Gasteiger partial charge in [-0.15, -0.1) is 5.10 Å². The van der Waals surface area contributed by atoms with Crippen molar-refractivity contribution in [2.75, 3.05) is 13.7 Å². The molecule has 4 rings (SSSR count). The van der Waals surface area contributed by atoms with Crippen molar-refractivity contribution in [3.05, 3.63) is 76.8 Å². The first-order chi connectivity index (χ1) is 17.8. The molecule has 1 aliphatic heterocycles. The van der Waals surface area contributed by atoms with Crippen LogP contribution in [0.15, 0.2) is 59.9 Å². The van der Waals surface area contributed by atoms with Crippen molar-refractivity contribution >= 4 is 18.0 Å². The third-order valence-electron chi connectivity index (χ3n) is 5.58. The molecule has 12 heteroatoms. The van der Waals surface area contributed by atoms with Crippen LogP contribution in [-0.4, -0.2) is 51.8 Å². The summed E-state index contributed by atoms with van der Waals surface area (Å²) in [5, 5.41) is 22.5. The van der Waals surface area contributed by atoms with E-state index < -0.39 is 24.0 Å². The van der Waals surface area contributed by atoms with Crippen molar-refractivity contribution in [2.24, 2.45) is 0 Å². The number of esters is 1. The number of carboxylic acid groups (broad SMARTS) is 1. The zero-order chi connectivity index (χ0) is 26.5. The van der Waals surface area contributed by atoms with Crippen molar-refractivity contribution < 1.29 is 33.7 Å². The number of methoxy groups -OCH3 is 1. The Kier molecular flexibility index (Phi) is 7.37. The fourth-order valence-corrected chi connectivity index (χ4v) is 3.81. The molecule has 0 radical (unpaired) electrons. The molecule has 2 aromatic carbocycles. The lowest BCUT2D eigenvalue weighted by atomic mass is 9.95. The van der Waals surface area contributed by atoms with Crippen LogP contribution >= 0.6 is 0 Å². The topological polar surface area (TPSA) is 154 Å². The van der Waals surface area contributed by atoms with Crippen molar-refractivity contribution in [3.63, 3.8) is 0 Å². The maximum atomic E-state index is 12.6. The van der Waals surface area contributed by atoms with Gasteiger partial charge in [-0.05, 0) is 55.8 Å². The quantitative estimate of drug-likeness (QED) is 0.371. The van der Waals surface area contributed by atoms with Crippen molar-refractivity contribution in [1.29, 1.82) is 0 Å². The summed E-state index contributed by atoms with van der Waals surface area (Å²) in [6, 6.07) is 10.1. The number of carbonyl (C=O) groups is 3. The van der Waals surface area contributed by atoms with Crippen LogP contribution in [0, 0.1) is 0 Å². The van der Waals surface area contributed by atoms with Gasteiger partial charge >= 0.3 is 18.0 Å². The average molecular weight is 508 g/mol. The molecule has 1 aromatic heterocycles. The molecule has 2 heterocycles. The SMILES string of the molecule is CCOC(=O)C1=C(C)NC(=O)NC1c1ccc(OCc2cn(-c3ccc(C(=O)O)cc3)nn2)c(OC)c1. The van der Waals surface area contributed by atoms with E-state index in [0.29, 0.717) is 39.7 Å². The summed E-state index contributed by atoms with van der Waals surface area (Å²) >= 11 is 0. The molecule has 0 fully saturated rings. The monoisotopic (exact) mass is 507 g/mol.